The van der Waals surface area contributed by atoms with Gasteiger partial charge in [-0.1, -0.05) is 36.0 Å². The molecule has 36 heavy (non-hydrogen) atoms. The van der Waals surface area contributed by atoms with Gasteiger partial charge in [0.15, 0.2) is 10.9 Å². The van der Waals surface area contributed by atoms with Crippen LogP contribution in [0.1, 0.15) is 5.56 Å². The summed E-state index contributed by atoms with van der Waals surface area (Å²) in [5.74, 6) is 0.530. The normalized spacial score (nSPS) is 12.6. The molecule has 0 fully saturated rings. The third kappa shape index (κ3) is 3.91. The molecule has 0 bridgehead atoms. The molecule has 0 saturated heterocycles. The topological polar surface area (TPSA) is 95.1 Å². The van der Waals surface area contributed by atoms with Crippen molar-refractivity contribution in [3.8, 4) is 11.9 Å². The third-order valence-electron chi connectivity index (χ3n) is 6.06. The summed E-state index contributed by atoms with van der Waals surface area (Å²) in [7, 11) is 3.67. The van der Waals surface area contributed by atoms with Crippen LogP contribution in [0.15, 0.2) is 88.2 Å². The van der Waals surface area contributed by atoms with E-state index in [0.29, 0.717) is 27.7 Å². The smallest absolute Gasteiger partial charge is 0.267 e. The maximum absolute atomic E-state index is 13.4. The number of anilines is 2. The number of aromatic nitrogens is 3. The van der Waals surface area contributed by atoms with E-state index in [1.54, 1.807) is 30.5 Å². The molecule has 0 aliphatic carbocycles. The number of carbonyl (C=O) groups is 1. The number of pyridine rings is 1. The maximum Gasteiger partial charge on any atom is 0.267 e. The molecule has 0 saturated carbocycles. The molecule has 0 radical (unpaired) electrons. The first-order valence-electron chi connectivity index (χ1n) is 11.2. The summed E-state index contributed by atoms with van der Waals surface area (Å²) in [6.07, 6.45) is 1.63. The third-order valence-corrected chi connectivity index (χ3v) is 7.00. The van der Waals surface area contributed by atoms with Crippen molar-refractivity contribution in [1.29, 1.82) is 5.26 Å². The number of ketones is 1. The lowest BCUT2D eigenvalue weighted by atomic mass is 10.2. The average Bonchev–Trinajstić information content (AvgIpc) is 3.13. The quantitative estimate of drug-likeness (QED) is 0.177. The summed E-state index contributed by atoms with van der Waals surface area (Å²) in [6.45, 7) is 1.92. The molecule has 1 aliphatic heterocycles. The molecule has 0 amide bonds. The first-order valence-corrected chi connectivity index (χ1v) is 12.2. The van der Waals surface area contributed by atoms with Gasteiger partial charge in [0.05, 0.1) is 28.0 Å². The lowest BCUT2D eigenvalue weighted by Crippen LogP contribution is -2.27. The Morgan fingerprint density at radius 1 is 1.03 bits per heavy atom. The fourth-order valence-electron chi connectivity index (χ4n) is 4.31. The Hall–Kier alpha value is -4.42. The molecule has 4 aromatic rings. The Morgan fingerprint density at radius 3 is 2.36 bits per heavy atom. The van der Waals surface area contributed by atoms with Crippen LogP contribution in [0, 0.1) is 18.3 Å². The van der Waals surface area contributed by atoms with Crippen LogP contribution >= 0.6 is 11.8 Å². The highest BCUT2D eigenvalue weighted by molar-refractivity contribution is 7.99. The number of hydrogen-bond donors (Lipinski definition) is 0. The van der Waals surface area contributed by atoms with Crippen molar-refractivity contribution in [1.82, 2.24) is 14.5 Å². The minimum absolute atomic E-state index is 0.0482. The van der Waals surface area contributed by atoms with Crippen LogP contribution < -0.4 is 15.4 Å². The number of carbonyl (C=O) groups excluding carboxylic acids is 1. The predicted molar refractivity (Wildman–Crippen MR) is 141 cm³/mol. The van der Waals surface area contributed by atoms with E-state index < -0.39 is 0 Å². The van der Waals surface area contributed by atoms with Gasteiger partial charge in [-0.05, 0) is 48.9 Å². The molecule has 0 unspecified atom stereocenters. The summed E-state index contributed by atoms with van der Waals surface area (Å²) >= 11 is 1.11. The Balaban J connectivity index is 1.54. The molecule has 2 aromatic carbocycles. The minimum Gasteiger partial charge on any atom is -0.328 e. The summed E-state index contributed by atoms with van der Waals surface area (Å²) in [4.78, 5) is 39.5. The number of hydrogen-bond acceptors (Lipinski definition) is 8. The zero-order valence-corrected chi connectivity index (χ0v) is 20.8. The van der Waals surface area contributed by atoms with Crippen LogP contribution in [0.5, 0.6) is 0 Å². The van der Waals surface area contributed by atoms with Crippen LogP contribution in [-0.4, -0.2) is 40.2 Å². The highest BCUT2D eigenvalue weighted by Gasteiger charge is 2.31. The van der Waals surface area contributed by atoms with Gasteiger partial charge in [-0.15, -0.1) is 0 Å². The van der Waals surface area contributed by atoms with E-state index >= 15 is 0 Å². The van der Waals surface area contributed by atoms with Gasteiger partial charge in [0.25, 0.3) is 5.56 Å². The van der Waals surface area contributed by atoms with Crippen molar-refractivity contribution in [3.63, 3.8) is 0 Å². The standard InChI is InChI=1S/C27H22N6O2S/c1-17-12-13-29-24(14-17)33-26(35)18-8-4-5-9-20(18)30-27(33)36-16-23(34)19(15-28)25-31(2)21-10-6-7-11-22(21)32(25)3/h4-14H,16H2,1-3H3. The second-order valence-corrected chi connectivity index (χ2v) is 9.31. The number of allylic oxidation sites excluding steroid dienone is 1. The molecular weight excluding hydrogens is 472 g/mol. The fraction of sp³-hybridized carbons (Fsp3) is 0.148. The summed E-state index contributed by atoms with van der Waals surface area (Å²) in [5.41, 5.74) is 3.09. The van der Waals surface area contributed by atoms with E-state index in [2.05, 4.69) is 16.0 Å². The van der Waals surface area contributed by atoms with Gasteiger partial charge in [-0.2, -0.15) is 5.26 Å². The predicted octanol–water partition coefficient (Wildman–Crippen LogP) is 4.07. The molecule has 3 heterocycles. The second kappa shape index (κ2) is 9.32. The lowest BCUT2D eigenvalue weighted by Gasteiger charge is -2.20. The van der Waals surface area contributed by atoms with E-state index in [9.17, 15) is 14.9 Å². The molecular formula is C27H22N6O2S. The minimum atomic E-state index is -0.352. The Labute approximate surface area is 212 Å². The number of thioether (sulfide) groups is 1. The van der Waals surface area contributed by atoms with Gasteiger partial charge in [-0.3, -0.25) is 9.59 Å². The molecule has 8 nitrogen and oxygen atoms in total. The van der Waals surface area contributed by atoms with Crippen LogP contribution in [0.4, 0.5) is 11.4 Å². The van der Waals surface area contributed by atoms with Crippen molar-refractivity contribution in [2.75, 3.05) is 29.6 Å². The maximum atomic E-state index is 13.4. The van der Waals surface area contributed by atoms with Crippen molar-refractivity contribution < 1.29 is 4.79 Å². The molecule has 2 aromatic heterocycles. The number of para-hydroxylation sites is 3. The number of aryl methyl sites for hydroxylation is 1. The fourth-order valence-corrected chi connectivity index (χ4v) is 5.19. The Morgan fingerprint density at radius 2 is 1.69 bits per heavy atom. The van der Waals surface area contributed by atoms with Crippen LogP contribution in [0.2, 0.25) is 0 Å². The Kier molecular flexibility index (Phi) is 6.04. The number of fused-ring (bicyclic) bond motifs is 2. The molecule has 178 valence electrons. The van der Waals surface area contributed by atoms with Gasteiger partial charge in [-0.25, -0.2) is 14.5 Å². The molecule has 0 spiro atoms. The highest BCUT2D eigenvalue weighted by atomic mass is 32.2. The number of nitriles is 1. The van der Waals surface area contributed by atoms with E-state index in [4.69, 9.17) is 0 Å². The molecule has 9 heteroatoms. The number of benzene rings is 2. The van der Waals surface area contributed by atoms with E-state index in [1.807, 2.05) is 67.2 Å². The number of rotatable bonds is 5. The van der Waals surface area contributed by atoms with Crippen molar-refractivity contribution in [3.05, 3.63) is 94.2 Å². The van der Waals surface area contributed by atoms with Crippen LogP contribution in [-0.2, 0) is 4.79 Å². The lowest BCUT2D eigenvalue weighted by molar-refractivity contribution is -0.112. The Bertz CT molecular complexity index is 1620. The van der Waals surface area contributed by atoms with Crippen molar-refractivity contribution in [2.45, 2.75) is 12.1 Å². The zero-order valence-electron chi connectivity index (χ0n) is 20.0. The van der Waals surface area contributed by atoms with Gasteiger partial charge in [0.1, 0.15) is 23.3 Å². The van der Waals surface area contributed by atoms with Crippen molar-refractivity contribution >= 4 is 39.8 Å². The van der Waals surface area contributed by atoms with Crippen molar-refractivity contribution in [2.24, 2.45) is 0 Å². The number of nitrogens with zero attached hydrogens (tertiary/aromatic N) is 6. The van der Waals surface area contributed by atoms with E-state index in [0.717, 1.165) is 28.7 Å². The van der Waals surface area contributed by atoms with E-state index in [-0.39, 0.29) is 22.7 Å². The van der Waals surface area contributed by atoms with Crippen LogP contribution in [0.3, 0.4) is 0 Å². The van der Waals surface area contributed by atoms with Gasteiger partial charge < -0.3 is 9.80 Å². The molecule has 1 aliphatic rings. The molecule has 5 rings (SSSR count). The first-order chi connectivity index (χ1) is 17.4. The van der Waals surface area contributed by atoms with E-state index in [1.165, 1.54) is 4.57 Å². The van der Waals surface area contributed by atoms with Gasteiger partial charge in [0, 0.05) is 20.3 Å². The first kappa shape index (κ1) is 23.3. The van der Waals surface area contributed by atoms with Gasteiger partial charge in [0.2, 0.25) is 0 Å². The molecule has 0 N–H and O–H groups in total. The SMILES string of the molecule is Cc1ccnc(-n2c(SCC(=O)C(C#N)=C3N(C)c4ccccc4N3C)nc3ccccc3c2=O)c1. The summed E-state index contributed by atoms with van der Waals surface area (Å²) in [6, 6.07) is 20.5. The summed E-state index contributed by atoms with van der Waals surface area (Å²) in [5, 5.41) is 10.7. The number of Topliss-reactive ketones (excluding diaryl/α,β-unsaturated/α-hetero) is 1. The monoisotopic (exact) mass is 494 g/mol. The summed E-state index contributed by atoms with van der Waals surface area (Å²) < 4.78 is 1.43. The van der Waals surface area contributed by atoms with Gasteiger partial charge >= 0.3 is 0 Å². The molecule has 0 atom stereocenters. The zero-order chi connectivity index (χ0) is 25.4. The van der Waals surface area contributed by atoms with Crippen LogP contribution in [0.25, 0.3) is 16.7 Å². The highest BCUT2D eigenvalue weighted by Crippen LogP contribution is 2.40. The largest absolute Gasteiger partial charge is 0.328 e. The average molecular weight is 495 g/mol. The second-order valence-electron chi connectivity index (χ2n) is 8.37.